The van der Waals surface area contributed by atoms with E-state index in [1.54, 1.807) is 6.07 Å². The molecule has 0 aliphatic heterocycles. The minimum absolute atomic E-state index is 0.362. The Morgan fingerprint density at radius 3 is 2.60 bits per heavy atom. The van der Waals surface area contributed by atoms with Gasteiger partial charge in [-0.15, -0.1) is 0 Å². The highest BCUT2D eigenvalue weighted by Crippen LogP contribution is 2.24. The van der Waals surface area contributed by atoms with Gasteiger partial charge in [-0.3, -0.25) is 0 Å². The van der Waals surface area contributed by atoms with E-state index in [0.29, 0.717) is 16.3 Å². The SMILES string of the molecule is CCCc1nc(NCC)cc(-c2cc(F)cc(Cl)c2)n1. The fourth-order valence-corrected chi connectivity index (χ4v) is 2.18. The van der Waals surface area contributed by atoms with E-state index in [0.717, 1.165) is 31.0 Å². The molecule has 0 unspecified atom stereocenters. The minimum Gasteiger partial charge on any atom is -0.370 e. The van der Waals surface area contributed by atoms with E-state index < -0.39 is 0 Å². The Balaban J connectivity index is 2.48. The van der Waals surface area contributed by atoms with Crippen LogP contribution in [-0.2, 0) is 6.42 Å². The first-order chi connectivity index (χ1) is 9.62. The van der Waals surface area contributed by atoms with Gasteiger partial charge in [0.15, 0.2) is 0 Å². The Hall–Kier alpha value is -1.68. The smallest absolute Gasteiger partial charge is 0.131 e. The standard InChI is InChI=1S/C15H17ClFN3/c1-3-5-14-19-13(9-15(20-14)18-4-2)10-6-11(16)8-12(17)7-10/h6-9H,3-5H2,1-2H3,(H,18,19,20). The van der Waals surface area contributed by atoms with Gasteiger partial charge in [-0.1, -0.05) is 18.5 Å². The first kappa shape index (κ1) is 14.7. The maximum atomic E-state index is 13.5. The van der Waals surface area contributed by atoms with Gasteiger partial charge in [-0.2, -0.15) is 0 Å². The highest BCUT2D eigenvalue weighted by atomic mass is 35.5. The number of hydrogen-bond donors (Lipinski definition) is 1. The van der Waals surface area contributed by atoms with Crippen LogP contribution in [0.3, 0.4) is 0 Å². The van der Waals surface area contributed by atoms with Gasteiger partial charge in [0.1, 0.15) is 17.5 Å². The van der Waals surface area contributed by atoms with Gasteiger partial charge < -0.3 is 5.32 Å². The molecule has 0 radical (unpaired) electrons. The fraction of sp³-hybridized carbons (Fsp3) is 0.333. The summed E-state index contributed by atoms with van der Waals surface area (Å²) in [5.74, 6) is 1.14. The van der Waals surface area contributed by atoms with Crippen LogP contribution in [0.5, 0.6) is 0 Å². The fourth-order valence-electron chi connectivity index (χ4n) is 1.95. The zero-order valence-corrected chi connectivity index (χ0v) is 12.3. The Kier molecular flexibility index (Phi) is 4.90. The van der Waals surface area contributed by atoms with Gasteiger partial charge in [-0.25, -0.2) is 14.4 Å². The predicted octanol–water partition coefficient (Wildman–Crippen LogP) is 4.32. The van der Waals surface area contributed by atoms with Gasteiger partial charge in [0, 0.05) is 29.6 Å². The van der Waals surface area contributed by atoms with Crippen LogP contribution in [0.4, 0.5) is 10.2 Å². The maximum Gasteiger partial charge on any atom is 0.131 e. The second kappa shape index (κ2) is 6.66. The van der Waals surface area contributed by atoms with Crippen molar-refractivity contribution >= 4 is 17.4 Å². The summed E-state index contributed by atoms with van der Waals surface area (Å²) in [7, 11) is 0. The number of aromatic nitrogens is 2. The molecular formula is C15H17ClFN3. The minimum atomic E-state index is -0.367. The van der Waals surface area contributed by atoms with E-state index in [9.17, 15) is 4.39 Å². The first-order valence-corrected chi connectivity index (χ1v) is 7.08. The molecule has 0 saturated heterocycles. The zero-order chi connectivity index (χ0) is 14.5. The molecule has 0 spiro atoms. The van der Waals surface area contributed by atoms with Crippen molar-refractivity contribution in [1.29, 1.82) is 0 Å². The van der Waals surface area contributed by atoms with Crippen LogP contribution in [0.15, 0.2) is 24.3 Å². The molecule has 0 bridgehead atoms. The Morgan fingerprint density at radius 1 is 1.15 bits per heavy atom. The molecule has 0 amide bonds. The van der Waals surface area contributed by atoms with Crippen molar-refractivity contribution in [2.75, 3.05) is 11.9 Å². The van der Waals surface area contributed by atoms with Gasteiger partial charge in [-0.05, 0) is 31.5 Å². The Labute approximate surface area is 123 Å². The molecule has 1 heterocycles. The molecule has 0 aliphatic rings. The number of anilines is 1. The molecule has 2 aromatic rings. The lowest BCUT2D eigenvalue weighted by molar-refractivity contribution is 0.628. The van der Waals surface area contributed by atoms with E-state index in [4.69, 9.17) is 11.6 Å². The summed E-state index contributed by atoms with van der Waals surface area (Å²) in [4.78, 5) is 8.92. The van der Waals surface area contributed by atoms with Crippen LogP contribution in [0.1, 0.15) is 26.1 Å². The summed E-state index contributed by atoms with van der Waals surface area (Å²) in [5.41, 5.74) is 1.34. The van der Waals surface area contributed by atoms with Crippen LogP contribution in [-0.4, -0.2) is 16.5 Å². The highest BCUT2D eigenvalue weighted by molar-refractivity contribution is 6.30. The summed E-state index contributed by atoms with van der Waals surface area (Å²) >= 11 is 5.90. The summed E-state index contributed by atoms with van der Waals surface area (Å²) in [6, 6.07) is 6.23. The van der Waals surface area contributed by atoms with Crippen molar-refractivity contribution in [3.05, 3.63) is 40.9 Å². The second-order valence-corrected chi connectivity index (χ2v) is 4.93. The van der Waals surface area contributed by atoms with E-state index in [1.807, 2.05) is 13.0 Å². The first-order valence-electron chi connectivity index (χ1n) is 6.70. The monoisotopic (exact) mass is 293 g/mol. The lowest BCUT2D eigenvalue weighted by atomic mass is 10.1. The third kappa shape index (κ3) is 3.67. The lowest BCUT2D eigenvalue weighted by Crippen LogP contribution is -2.04. The molecular weight excluding hydrogens is 277 g/mol. The Bertz CT molecular complexity index is 557. The predicted molar refractivity (Wildman–Crippen MR) is 80.6 cm³/mol. The van der Waals surface area contributed by atoms with E-state index in [2.05, 4.69) is 22.2 Å². The molecule has 0 saturated carbocycles. The number of benzene rings is 1. The summed E-state index contributed by atoms with van der Waals surface area (Å²) in [5, 5.41) is 3.53. The molecule has 1 aromatic carbocycles. The van der Waals surface area contributed by atoms with E-state index >= 15 is 0 Å². The summed E-state index contributed by atoms with van der Waals surface area (Å²) < 4.78 is 13.5. The quantitative estimate of drug-likeness (QED) is 0.892. The Morgan fingerprint density at radius 2 is 1.95 bits per heavy atom. The molecule has 0 atom stereocenters. The lowest BCUT2D eigenvalue weighted by Gasteiger charge is -2.09. The molecule has 2 rings (SSSR count). The molecule has 20 heavy (non-hydrogen) atoms. The number of nitrogens with zero attached hydrogens (tertiary/aromatic N) is 2. The van der Waals surface area contributed by atoms with Gasteiger partial charge in [0.25, 0.3) is 0 Å². The van der Waals surface area contributed by atoms with E-state index in [1.165, 1.54) is 12.1 Å². The van der Waals surface area contributed by atoms with Gasteiger partial charge in [0.2, 0.25) is 0 Å². The van der Waals surface area contributed by atoms with Crippen molar-refractivity contribution in [3.8, 4) is 11.3 Å². The van der Waals surface area contributed by atoms with Crippen LogP contribution >= 0.6 is 11.6 Å². The van der Waals surface area contributed by atoms with Crippen LogP contribution in [0, 0.1) is 5.82 Å². The molecule has 3 nitrogen and oxygen atoms in total. The zero-order valence-electron chi connectivity index (χ0n) is 11.6. The molecule has 1 aromatic heterocycles. The molecule has 0 aliphatic carbocycles. The molecule has 0 fully saturated rings. The normalized spacial score (nSPS) is 10.6. The van der Waals surface area contributed by atoms with Crippen LogP contribution in [0.2, 0.25) is 5.02 Å². The number of hydrogen-bond acceptors (Lipinski definition) is 3. The van der Waals surface area contributed by atoms with E-state index in [-0.39, 0.29) is 5.82 Å². The van der Waals surface area contributed by atoms with Crippen molar-refractivity contribution in [2.24, 2.45) is 0 Å². The third-order valence-corrected chi connectivity index (χ3v) is 2.98. The maximum absolute atomic E-state index is 13.5. The third-order valence-electron chi connectivity index (χ3n) is 2.76. The van der Waals surface area contributed by atoms with Crippen molar-refractivity contribution in [2.45, 2.75) is 26.7 Å². The van der Waals surface area contributed by atoms with Crippen molar-refractivity contribution in [1.82, 2.24) is 9.97 Å². The number of nitrogens with one attached hydrogen (secondary N) is 1. The largest absolute Gasteiger partial charge is 0.370 e. The van der Waals surface area contributed by atoms with Gasteiger partial charge in [0.05, 0.1) is 5.69 Å². The average Bonchev–Trinajstić information content (AvgIpc) is 2.38. The van der Waals surface area contributed by atoms with Crippen LogP contribution < -0.4 is 5.32 Å². The van der Waals surface area contributed by atoms with Crippen molar-refractivity contribution < 1.29 is 4.39 Å². The highest BCUT2D eigenvalue weighted by Gasteiger charge is 2.08. The molecule has 5 heteroatoms. The second-order valence-electron chi connectivity index (χ2n) is 4.49. The number of halogens is 2. The van der Waals surface area contributed by atoms with Gasteiger partial charge >= 0.3 is 0 Å². The summed E-state index contributed by atoms with van der Waals surface area (Å²) in [6.07, 6.45) is 1.74. The summed E-state index contributed by atoms with van der Waals surface area (Å²) in [6.45, 7) is 4.84. The van der Waals surface area contributed by atoms with Crippen molar-refractivity contribution in [3.63, 3.8) is 0 Å². The van der Waals surface area contributed by atoms with Crippen LogP contribution in [0.25, 0.3) is 11.3 Å². The molecule has 106 valence electrons. The average molecular weight is 294 g/mol. The number of rotatable bonds is 5. The topological polar surface area (TPSA) is 37.8 Å². The molecule has 1 N–H and O–H groups in total. The number of aryl methyl sites for hydroxylation is 1.